The van der Waals surface area contributed by atoms with E-state index in [4.69, 9.17) is 0 Å². The molecule has 1 aromatic heterocycles. The molecule has 1 heterocycles. The van der Waals surface area contributed by atoms with Crippen LogP contribution in [0, 0.1) is 13.8 Å². The van der Waals surface area contributed by atoms with Crippen molar-refractivity contribution in [1.29, 1.82) is 0 Å². The predicted octanol–water partition coefficient (Wildman–Crippen LogP) is 4.78. The second-order valence-corrected chi connectivity index (χ2v) is 6.27. The molecule has 6 heteroatoms. The number of aliphatic hydroxyl groups is 1. The van der Waals surface area contributed by atoms with Crippen molar-refractivity contribution in [2.45, 2.75) is 65.3 Å². The lowest BCUT2D eigenvalue weighted by Gasteiger charge is -2.42. The van der Waals surface area contributed by atoms with Gasteiger partial charge in [0.15, 0.2) is 0 Å². The van der Waals surface area contributed by atoms with Crippen molar-refractivity contribution in [3.8, 4) is 0 Å². The molecule has 1 saturated carbocycles. The molecule has 3 rings (SSSR count). The van der Waals surface area contributed by atoms with Crippen molar-refractivity contribution in [2.75, 3.05) is 0 Å². The lowest BCUT2D eigenvalue weighted by molar-refractivity contribution is -0.136. The maximum Gasteiger partial charge on any atom is 0.418 e. The van der Waals surface area contributed by atoms with E-state index in [-0.39, 0.29) is 11.6 Å². The SMILES string of the molecule is CC.Cc1cc(C(F)(F)F)c2c(ncn2C2CC(C)(O)C2)c1C. The number of aromatic nitrogens is 2. The normalized spacial score (nSPS) is 24.1. The van der Waals surface area contributed by atoms with Crippen LogP contribution in [-0.4, -0.2) is 20.3 Å². The van der Waals surface area contributed by atoms with Crippen LogP contribution in [0.2, 0.25) is 0 Å². The minimum Gasteiger partial charge on any atom is -0.390 e. The summed E-state index contributed by atoms with van der Waals surface area (Å²) in [6.07, 6.45) is -2.06. The van der Waals surface area contributed by atoms with E-state index in [0.717, 1.165) is 5.56 Å². The molecule has 128 valence electrons. The summed E-state index contributed by atoms with van der Waals surface area (Å²) < 4.78 is 41.6. The fourth-order valence-electron chi connectivity index (χ4n) is 3.13. The summed E-state index contributed by atoms with van der Waals surface area (Å²) in [6.45, 7) is 9.14. The molecule has 1 aliphatic rings. The highest BCUT2D eigenvalue weighted by Crippen LogP contribution is 2.45. The molecule has 1 aromatic carbocycles. The predicted molar refractivity (Wildman–Crippen MR) is 84.5 cm³/mol. The van der Waals surface area contributed by atoms with Gasteiger partial charge in [0.2, 0.25) is 0 Å². The van der Waals surface area contributed by atoms with E-state index in [1.165, 1.54) is 12.4 Å². The summed E-state index contributed by atoms with van der Waals surface area (Å²) in [5, 5.41) is 9.83. The van der Waals surface area contributed by atoms with E-state index < -0.39 is 17.3 Å². The fourth-order valence-corrected chi connectivity index (χ4v) is 3.13. The number of rotatable bonds is 1. The van der Waals surface area contributed by atoms with Crippen LogP contribution in [0.25, 0.3) is 11.0 Å². The Morgan fingerprint density at radius 3 is 2.30 bits per heavy atom. The van der Waals surface area contributed by atoms with Crippen LogP contribution in [0.3, 0.4) is 0 Å². The van der Waals surface area contributed by atoms with E-state index in [1.54, 1.807) is 25.3 Å². The zero-order valence-electron chi connectivity index (χ0n) is 14.1. The lowest BCUT2D eigenvalue weighted by atomic mass is 9.77. The van der Waals surface area contributed by atoms with Crippen molar-refractivity contribution in [2.24, 2.45) is 0 Å². The monoisotopic (exact) mass is 328 g/mol. The van der Waals surface area contributed by atoms with Crippen LogP contribution in [0.1, 0.15) is 56.3 Å². The highest BCUT2D eigenvalue weighted by Gasteiger charge is 2.42. The number of benzene rings is 1. The standard InChI is InChI=1S/C15H17F3N2O.C2H6/c1-8-4-11(15(16,17)18)13-12(9(8)2)19-7-20(13)10-5-14(3,21)6-10;1-2/h4,7,10,21H,5-6H2,1-3H3;1-2H3. The molecule has 1 aliphatic carbocycles. The van der Waals surface area contributed by atoms with Crippen molar-refractivity contribution in [3.63, 3.8) is 0 Å². The third-order valence-corrected chi connectivity index (χ3v) is 4.41. The average Bonchev–Trinajstić information content (AvgIpc) is 2.85. The highest BCUT2D eigenvalue weighted by molar-refractivity contribution is 5.84. The number of hydrogen-bond donors (Lipinski definition) is 1. The van der Waals surface area contributed by atoms with Gasteiger partial charge in [0.25, 0.3) is 0 Å². The van der Waals surface area contributed by atoms with E-state index >= 15 is 0 Å². The van der Waals surface area contributed by atoms with Gasteiger partial charge in [0.05, 0.1) is 28.5 Å². The van der Waals surface area contributed by atoms with E-state index in [2.05, 4.69) is 4.98 Å². The molecule has 0 aliphatic heterocycles. The van der Waals surface area contributed by atoms with Gasteiger partial charge in [0, 0.05) is 6.04 Å². The van der Waals surface area contributed by atoms with Gasteiger partial charge < -0.3 is 9.67 Å². The molecule has 1 fully saturated rings. The number of aryl methyl sites for hydroxylation is 2. The molecule has 0 spiro atoms. The average molecular weight is 328 g/mol. The van der Waals surface area contributed by atoms with Crippen molar-refractivity contribution >= 4 is 11.0 Å². The molecule has 2 aromatic rings. The molecular weight excluding hydrogens is 305 g/mol. The quantitative estimate of drug-likeness (QED) is 0.818. The van der Waals surface area contributed by atoms with Crippen molar-refractivity contribution < 1.29 is 18.3 Å². The molecule has 0 saturated heterocycles. The first-order chi connectivity index (χ1) is 10.6. The Kier molecular flexibility index (Phi) is 4.50. The minimum atomic E-state index is -4.42. The molecule has 3 nitrogen and oxygen atoms in total. The van der Waals surface area contributed by atoms with Crippen molar-refractivity contribution in [3.05, 3.63) is 29.1 Å². The zero-order valence-corrected chi connectivity index (χ0v) is 14.1. The lowest BCUT2D eigenvalue weighted by Crippen LogP contribution is -2.41. The third-order valence-electron chi connectivity index (χ3n) is 4.41. The number of imidazole rings is 1. The fraction of sp³-hybridized carbons (Fsp3) is 0.588. The molecule has 23 heavy (non-hydrogen) atoms. The largest absolute Gasteiger partial charge is 0.418 e. The molecule has 0 radical (unpaired) electrons. The second kappa shape index (κ2) is 5.82. The summed E-state index contributed by atoms with van der Waals surface area (Å²) in [4.78, 5) is 4.19. The first kappa shape index (κ1) is 17.8. The summed E-state index contributed by atoms with van der Waals surface area (Å²) in [5.41, 5.74) is 0.437. The zero-order chi connectivity index (χ0) is 17.6. The van der Waals surface area contributed by atoms with E-state index in [1.807, 2.05) is 13.8 Å². The number of halogens is 3. The van der Waals surface area contributed by atoms with Crippen LogP contribution < -0.4 is 0 Å². The second-order valence-electron chi connectivity index (χ2n) is 6.27. The van der Waals surface area contributed by atoms with E-state index in [9.17, 15) is 18.3 Å². The Bertz CT molecular complexity index is 709. The molecule has 0 unspecified atom stereocenters. The molecule has 0 atom stereocenters. The first-order valence-electron chi connectivity index (χ1n) is 7.86. The van der Waals surface area contributed by atoms with Gasteiger partial charge in [-0.3, -0.25) is 0 Å². The Morgan fingerprint density at radius 2 is 1.83 bits per heavy atom. The summed E-state index contributed by atoms with van der Waals surface area (Å²) in [7, 11) is 0. The summed E-state index contributed by atoms with van der Waals surface area (Å²) in [5.74, 6) is 0. The number of fused-ring (bicyclic) bond motifs is 1. The molecule has 0 bridgehead atoms. The van der Waals surface area contributed by atoms with Gasteiger partial charge in [-0.15, -0.1) is 0 Å². The molecule has 1 N–H and O–H groups in total. The smallest absolute Gasteiger partial charge is 0.390 e. The maximum absolute atomic E-state index is 13.3. The Hall–Kier alpha value is -1.56. The van der Waals surface area contributed by atoms with Gasteiger partial charge in [-0.2, -0.15) is 13.2 Å². The van der Waals surface area contributed by atoms with Gasteiger partial charge in [-0.05, 0) is 50.8 Å². The summed E-state index contributed by atoms with van der Waals surface area (Å²) >= 11 is 0. The van der Waals surface area contributed by atoms with Crippen LogP contribution in [-0.2, 0) is 6.18 Å². The van der Waals surface area contributed by atoms with Gasteiger partial charge >= 0.3 is 6.18 Å². The molecule has 0 amide bonds. The first-order valence-corrected chi connectivity index (χ1v) is 7.86. The van der Waals surface area contributed by atoms with Crippen LogP contribution in [0.15, 0.2) is 12.4 Å². The van der Waals surface area contributed by atoms with Gasteiger partial charge in [-0.25, -0.2) is 4.98 Å². The molecular formula is C17H23F3N2O. The topological polar surface area (TPSA) is 38.0 Å². The van der Waals surface area contributed by atoms with Crippen LogP contribution in [0.4, 0.5) is 13.2 Å². The number of alkyl halides is 3. The summed E-state index contributed by atoms with van der Waals surface area (Å²) in [6, 6.07) is 1.06. The van der Waals surface area contributed by atoms with Gasteiger partial charge in [-0.1, -0.05) is 13.8 Å². The van der Waals surface area contributed by atoms with E-state index in [0.29, 0.717) is 23.9 Å². The number of nitrogens with zero attached hydrogens (tertiary/aromatic N) is 2. The van der Waals surface area contributed by atoms with Gasteiger partial charge in [0.1, 0.15) is 0 Å². The Balaban J connectivity index is 0.000000924. The van der Waals surface area contributed by atoms with Crippen LogP contribution in [0.5, 0.6) is 0 Å². The minimum absolute atomic E-state index is 0.131. The van der Waals surface area contributed by atoms with Crippen LogP contribution >= 0.6 is 0 Å². The highest BCUT2D eigenvalue weighted by atomic mass is 19.4. The Labute approximate surface area is 134 Å². The third kappa shape index (κ3) is 3.09. The Morgan fingerprint density at radius 1 is 1.26 bits per heavy atom. The maximum atomic E-state index is 13.3. The number of hydrogen-bond acceptors (Lipinski definition) is 2. The van der Waals surface area contributed by atoms with Crippen molar-refractivity contribution in [1.82, 2.24) is 9.55 Å².